The number of amides is 1. The van der Waals surface area contributed by atoms with E-state index < -0.39 is 6.10 Å². The van der Waals surface area contributed by atoms with E-state index in [1.807, 2.05) is 48.5 Å². The van der Waals surface area contributed by atoms with Crippen LogP contribution in [0.5, 0.6) is 5.75 Å². The molecule has 0 saturated carbocycles. The molecule has 0 saturated heterocycles. The average Bonchev–Trinajstić information content (AvgIpc) is 2.56. The van der Waals surface area contributed by atoms with Crippen LogP contribution in [-0.2, 0) is 17.6 Å². The minimum atomic E-state index is -0.544. The molecule has 0 aromatic heterocycles. The van der Waals surface area contributed by atoms with Crippen molar-refractivity contribution in [1.29, 1.82) is 0 Å². The van der Waals surface area contributed by atoms with Crippen LogP contribution in [0.1, 0.15) is 31.9 Å². The molecule has 0 bridgehead atoms. The van der Waals surface area contributed by atoms with Gasteiger partial charge >= 0.3 is 0 Å². The van der Waals surface area contributed by atoms with Gasteiger partial charge in [-0.2, -0.15) is 0 Å². The summed E-state index contributed by atoms with van der Waals surface area (Å²) in [6.07, 6.45) is 1.33. The van der Waals surface area contributed by atoms with Crippen molar-refractivity contribution in [2.75, 3.05) is 5.32 Å². The summed E-state index contributed by atoms with van der Waals surface area (Å²) in [7, 11) is 0. The Morgan fingerprint density at radius 1 is 1.05 bits per heavy atom. The molecule has 1 N–H and O–H groups in total. The second-order valence-electron chi connectivity index (χ2n) is 5.26. The highest BCUT2D eigenvalue weighted by molar-refractivity contribution is 5.94. The first kappa shape index (κ1) is 16.1. The first-order valence-electron chi connectivity index (χ1n) is 7.78. The normalized spacial score (nSPS) is 11.8. The van der Waals surface area contributed by atoms with Gasteiger partial charge in [-0.05, 0) is 49.1 Å². The van der Waals surface area contributed by atoms with E-state index in [2.05, 4.69) is 19.2 Å². The van der Waals surface area contributed by atoms with Gasteiger partial charge in [-0.1, -0.05) is 44.2 Å². The van der Waals surface area contributed by atoms with Crippen molar-refractivity contribution in [2.24, 2.45) is 0 Å². The van der Waals surface area contributed by atoms with Crippen molar-refractivity contribution in [3.8, 4) is 5.75 Å². The second-order valence-corrected chi connectivity index (χ2v) is 5.26. The summed E-state index contributed by atoms with van der Waals surface area (Å²) in [5, 5.41) is 2.94. The fraction of sp³-hybridized carbons (Fsp3) is 0.316. The molecule has 1 unspecified atom stereocenters. The maximum absolute atomic E-state index is 12.3. The number of aryl methyl sites for hydroxylation is 2. The molecule has 0 aliphatic rings. The zero-order valence-electron chi connectivity index (χ0n) is 13.4. The summed E-state index contributed by atoms with van der Waals surface area (Å²) in [6.45, 7) is 5.94. The summed E-state index contributed by atoms with van der Waals surface area (Å²) in [4.78, 5) is 12.3. The smallest absolute Gasteiger partial charge is 0.265 e. The summed E-state index contributed by atoms with van der Waals surface area (Å²) in [5.74, 6) is 0.573. The summed E-state index contributed by atoms with van der Waals surface area (Å²) < 4.78 is 5.71. The van der Waals surface area contributed by atoms with Gasteiger partial charge in [0.25, 0.3) is 5.91 Å². The van der Waals surface area contributed by atoms with Crippen LogP contribution in [0.3, 0.4) is 0 Å². The monoisotopic (exact) mass is 297 g/mol. The Morgan fingerprint density at radius 2 is 1.73 bits per heavy atom. The number of carbonyl (C=O) groups is 1. The summed E-state index contributed by atoms with van der Waals surface area (Å²) in [5.41, 5.74) is 3.23. The number of anilines is 1. The Hall–Kier alpha value is -2.29. The minimum Gasteiger partial charge on any atom is -0.481 e. The van der Waals surface area contributed by atoms with E-state index in [1.165, 1.54) is 5.56 Å². The quantitative estimate of drug-likeness (QED) is 0.867. The van der Waals surface area contributed by atoms with Crippen LogP contribution in [0.2, 0.25) is 0 Å². The highest BCUT2D eigenvalue weighted by atomic mass is 16.5. The first-order valence-corrected chi connectivity index (χ1v) is 7.78. The second kappa shape index (κ2) is 7.64. The molecule has 0 aliphatic heterocycles. The predicted molar refractivity (Wildman–Crippen MR) is 90.4 cm³/mol. The maximum Gasteiger partial charge on any atom is 0.265 e. The van der Waals surface area contributed by atoms with Gasteiger partial charge in [0.05, 0.1) is 0 Å². The number of hydrogen-bond donors (Lipinski definition) is 1. The van der Waals surface area contributed by atoms with Gasteiger partial charge < -0.3 is 10.1 Å². The molecule has 2 rings (SSSR count). The van der Waals surface area contributed by atoms with E-state index >= 15 is 0 Å². The van der Waals surface area contributed by atoms with E-state index in [-0.39, 0.29) is 5.91 Å². The molecule has 3 heteroatoms. The van der Waals surface area contributed by atoms with E-state index in [9.17, 15) is 4.79 Å². The number of benzene rings is 2. The molecule has 1 atom stereocenters. The number of hydrogen-bond acceptors (Lipinski definition) is 2. The van der Waals surface area contributed by atoms with Crippen LogP contribution in [-0.4, -0.2) is 12.0 Å². The van der Waals surface area contributed by atoms with E-state index in [0.29, 0.717) is 5.75 Å². The van der Waals surface area contributed by atoms with E-state index in [4.69, 9.17) is 4.74 Å². The third-order valence-corrected chi connectivity index (χ3v) is 3.67. The predicted octanol–water partition coefficient (Wildman–Crippen LogP) is 4.22. The molecule has 0 spiro atoms. The van der Waals surface area contributed by atoms with Crippen LogP contribution in [0, 0.1) is 0 Å². The lowest BCUT2D eigenvalue weighted by Gasteiger charge is -2.16. The molecule has 2 aromatic rings. The van der Waals surface area contributed by atoms with Gasteiger partial charge in [0, 0.05) is 5.69 Å². The van der Waals surface area contributed by atoms with Crippen molar-refractivity contribution < 1.29 is 9.53 Å². The highest BCUT2D eigenvalue weighted by Crippen LogP contribution is 2.18. The number of nitrogens with one attached hydrogen (secondary N) is 1. The number of para-hydroxylation sites is 1. The molecule has 3 nitrogen and oxygen atoms in total. The summed E-state index contributed by atoms with van der Waals surface area (Å²) >= 11 is 0. The summed E-state index contributed by atoms with van der Waals surface area (Å²) in [6, 6.07) is 15.7. The Labute approximate surface area is 132 Å². The SMILES string of the molecule is CCc1ccc(OC(C)C(=O)Nc2ccccc2CC)cc1. The van der Waals surface area contributed by atoms with Crippen LogP contribution in [0.4, 0.5) is 5.69 Å². The van der Waals surface area contributed by atoms with Gasteiger partial charge in [-0.25, -0.2) is 0 Å². The van der Waals surface area contributed by atoms with Gasteiger partial charge in [0.1, 0.15) is 5.75 Å². The molecule has 116 valence electrons. The van der Waals surface area contributed by atoms with E-state index in [1.54, 1.807) is 6.92 Å². The van der Waals surface area contributed by atoms with Crippen molar-refractivity contribution in [3.05, 3.63) is 59.7 Å². The van der Waals surface area contributed by atoms with Gasteiger partial charge in [-0.15, -0.1) is 0 Å². The number of ether oxygens (including phenoxy) is 1. The Kier molecular flexibility index (Phi) is 5.59. The number of rotatable bonds is 6. The fourth-order valence-corrected chi connectivity index (χ4v) is 2.25. The Morgan fingerprint density at radius 3 is 2.36 bits per heavy atom. The van der Waals surface area contributed by atoms with Crippen molar-refractivity contribution in [2.45, 2.75) is 39.7 Å². The molecular weight excluding hydrogens is 274 g/mol. The van der Waals surface area contributed by atoms with Gasteiger partial charge in [0.2, 0.25) is 0 Å². The zero-order chi connectivity index (χ0) is 15.9. The zero-order valence-corrected chi connectivity index (χ0v) is 13.4. The standard InChI is InChI=1S/C19H23NO2/c1-4-15-10-12-17(13-11-15)22-14(3)19(21)20-18-9-7-6-8-16(18)5-2/h6-14H,4-5H2,1-3H3,(H,20,21). The van der Waals surface area contributed by atoms with Crippen LogP contribution in [0.25, 0.3) is 0 Å². The Balaban J connectivity index is 1.99. The van der Waals surface area contributed by atoms with Crippen LogP contribution in [0.15, 0.2) is 48.5 Å². The lowest BCUT2D eigenvalue weighted by molar-refractivity contribution is -0.122. The lowest BCUT2D eigenvalue weighted by atomic mass is 10.1. The fourth-order valence-electron chi connectivity index (χ4n) is 2.25. The molecule has 2 aromatic carbocycles. The number of carbonyl (C=O) groups excluding carboxylic acids is 1. The van der Waals surface area contributed by atoms with Crippen molar-refractivity contribution in [3.63, 3.8) is 0 Å². The lowest BCUT2D eigenvalue weighted by Crippen LogP contribution is -2.30. The average molecular weight is 297 g/mol. The molecule has 0 radical (unpaired) electrons. The van der Waals surface area contributed by atoms with E-state index in [0.717, 1.165) is 24.1 Å². The molecule has 0 fully saturated rings. The van der Waals surface area contributed by atoms with Crippen LogP contribution < -0.4 is 10.1 Å². The largest absolute Gasteiger partial charge is 0.481 e. The molecule has 0 heterocycles. The third-order valence-electron chi connectivity index (χ3n) is 3.67. The van der Waals surface area contributed by atoms with Gasteiger partial charge in [-0.3, -0.25) is 4.79 Å². The molecule has 0 aliphatic carbocycles. The minimum absolute atomic E-state index is 0.138. The molecule has 22 heavy (non-hydrogen) atoms. The van der Waals surface area contributed by atoms with Crippen molar-refractivity contribution >= 4 is 11.6 Å². The highest BCUT2D eigenvalue weighted by Gasteiger charge is 2.15. The maximum atomic E-state index is 12.3. The molecule has 1 amide bonds. The Bertz CT molecular complexity index is 620. The first-order chi connectivity index (χ1) is 10.6. The van der Waals surface area contributed by atoms with Crippen molar-refractivity contribution in [1.82, 2.24) is 0 Å². The van der Waals surface area contributed by atoms with Crippen LogP contribution >= 0.6 is 0 Å². The third kappa shape index (κ3) is 4.10. The molecular formula is C19H23NO2. The van der Waals surface area contributed by atoms with Gasteiger partial charge in [0.15, 0.2) is 6.10 Å². The topological polar surface area (TPSA) is 38.3 Å².